The molecule has 1 aromatic carbocycles. The Balaban J connectivity index is 2.13. The zero-order valence-corrected chi connectivity index (χ0v) is 16.1. The summed E-state index contributed by atoms with van der Waals surface area (Å²) in [5.74, 6) is 0.702. The molecule has 1 atom stereocenters. The fourth-order valence-corrected chi connectivity index (χ4v) is 3.11. The van der Waals surface area contributed by atoms with Crippen LogP contribution >= 0.6 is 0 Å². The topological polar surface area (TPSA) is 80.0 Å². The summed E-state index contributed by atoms with van der Waals surface area (Å²) < 4.78 is 0. The van der Waals surface area contributed by atoms with Gasteiger partial charge in [0.15, 0.2) is 0 Å². The van der Waals surface area contributed by atoms with Crippen molar-refractivity contribution in [3.63, 3.8) is 0 Å². The van der Waals surface area contributed by atoms with Gasteiger partial charge in [-0.25, -0.2) is 4.99 Å². The Labute approximate surface area is 152 Å². The van der Waals surface area contributed by atoms with Crippen LogP contribution in [0.5, 0.6) is 0 Å². The van der Waals surface area contributed by atoms with Crippen LogP contribution in [0.4, 0.5) is 5.69 Å². The van der Waals surface area contributed by atoms with E-state index in [-0.39, 0.29) is 17.5 Å². The molecule has 1 unspecified atom stereocenters. The van der Waals surface area contributed by atoms with Crippen molar-refractivity contribution in [3.05, 3.63) is 29.8 Å². The van der Waals surface area contributed by atoms with Crippen molar-refractivity contribution in [1.82, 2.24) is 0 Å². The first-order valence-electron chi connectivity index (χ1n) is 9.40. The lowest BCUT2D eigenvalue weighted by Gasteiger charge is -2.33. The first-order chi connectivity index (χ1) is 11.8. The number of nitrogens with two attached hydrogens (primary N) is 2. The second-order valence-electron chi connectivity index (χ2n) is 7.81. The molecule has 0 spiro atoms. The molecule has 0 fully saturated rings. The van der Waals surface area contributed by atoms with Gasteiger partial charge in [-0.05, 0) is 36.0 Å². The Bertz CT molecular complexity index is 610. The smallest absolute Gasteiger partial charge is 0.220 e. The lowest BCUT2D eigenvalue weighted by atomic mass is 9.87. The number of nitrogens with zero attached hydrogens (tertiary/aromatic N) is 3. The van der Waals surface area contributed by atoms with E-state index in [0.717, 1.165) is 18.5 Å². The molecule has 1 aliphatic heterocycles. The monoisotopic (exact) mass is 343 g/mol. The first-order valence-corrected chi connectivity index (χ1v) is 9.40. The minimum atomic E-state index is -0.0698. The molecular formula is C20H33N5. The fourth-order valence-electron chi connectivity index (χ4n) is 3.11. The summed E-state index contributed by atoms with van der Waals surface area (Å²) in [5.41, 5.74) is 14.5. The van der Waals surface area contributed by atoms with Crippen molar-refractivity contribution in [2.24, 2.45) is 21.5 Å². The zero-order chi connectivity index (χ0) is 18.4. The summed E-state index contributed by atoms with van der Waals surface area (Å²) >= 11 is 0. The second kappa shape index (κ2) is 8.37. The van der Waals surface area contributed by atoms with E-state index in [1.165, 1.54) is 31.2 Å². The number of guanidine groups is 2. The van der Waals surface area contributed by atoms with E-state index in [4.69, 9.17) is 11.5 Å². The third-order valence-electron chi connectivity index (χ3n) is 4.63. The predicted molar refractivity (Wildman–Crippen MR) is 108 cm³/mol. The van der Waals surface area contributed by atoms with Gasteiger partial charge < -0.3 is 11.5 Å². The number of rotatable bonds is 7. The number of unbranched alkanes of at least 4 members (excludes halogenated alkanes) is 4. The van der Waals surface area contributed by atoms with Gasteiger partial charge in [0.1, 0.15) is 6.17 Å². The third kappa shape index (κ3) is 5.21. The lowest BCUT2D eigenvalue weighted by molar-refractivity contribution is 0.545. The first kappa shape index (κ1) is 19.3. The van der Waals surface area contributed by atoms with Crippen molar-refractivity contribution in [3.8, 4) is 0 Å². The van der Waals surface area contributed by atoms with Gasteiger partial charge in [0.05, 0.1) is 0 Å². The van der Waals surface area contributed by atoms with Gasteiger partial charge in [-0.2, -0.15) is 4.99 Å². The largest absolute Gasteiger partial charge is 0.369 e. The molecular weight excluding hydrogens is 310 g/mol. The van der Waals surface area contributed by atoms with Crippen molar-refractivity contribution < 1.29 is 0 Å². The number of benzene rings is 1. The quantitative estimate of drug-likeness (QED) is 0.731. The van der Waals surface area contributed by atoms with Crippen LogP contribution in [0.2, 0.25) is 0 Å². The third-order valence-corrected chi connectivity index (χ3v) is 4.63. The molecule has 0 amide bonds. The van der Waals surface area contributed by atoms with E-state index in [1.54, 1.807) is 0 Å². The summed E-state index contributed by atoms with van der Waals surface area (Å²) in [4.78, 5) is 10.7. The molecule has 25 heavy (non-hydrogen) atoms. The van der Waals surface area contributed by atoms with Crippen LogP contribution in [0.15, 0.2) is 34.3 Å². The Morgan fingerprint density at radius 3 is 2.24 bits per heavy atom. The number of anilines is 1. The predicted octanol–water partition coefficient (Wildman–Crippen LogP) is 4.12. The Morgan fingerprint density at radius 2 is 1.64 bits per heavy atom. The molecule has 2 rings (SSSR count). The minimum Gasteiger partial charge on any atom is -0.369 e. The van der Waals surface area contributed by atoms with Gasteiger partial charge in [-0.15, -0.1) is 0 Å². The lowest BCUT2D eigenvalue weighted by Crippen LogP contribution is -2.48. The van der Waals surface area contributed by atoms with E-state index in [2.05, 4.69) is 61.9 Å². The number of aliphatic imine (C=N–C) groups is 2. The molecule has 1 aliphatic rings. The highest BCUT2D eigenvalue weighted by atomic mass is 15.4. The summed E-state index contributed by atoms with van der Waals surface area (Å²) in [7, 11) is 0. The van der Waals surface area contributed by atoms with Crippen LogP contribution in [0.25, 0.3) is 0 Å². The van der Waals surface area contributed by atoms with E-state index in [0.29, 0.717) is 5.96 Å². The minimum absolute atomic E-state index is 0.0698. The van der Waals surface area contributed by atoms with Gasteiger partial charge >= 0.3 is 0 Å². The molecule has 0 saturated carbocycles. The van der Waals surface area contributed by atoms with E-state index < -0.39 is 0 Å². The van der Waals surface area contributed by atoms with Crippen LogP contribution in [0.1, 0.15) is 71.8 Å². The molecule has 138 valence electrons. The molecule has 0 saturated heterocycles. The van der Waals surface area contributed by atoms with Crippen molar-refractivity contribution in [2.75, 3.05) is 4.90 Å². The van der Waals surface area contributed by atoms with Crippen molar-refractivity contribution >= 4 is 17.6 Å². The molecule has 5 nitrogen and oxygen atoms in total. The average molecular weight is 344 g/mol. The van der Waals surface area contributed by atoms with Crippen LogP contribution in [-0.4, -0.2) is 18.1 Å². The van der Waals surface area contributed by atoms with Gasteiger partial charge in [0.2, 0.25) is 11.9 Å². The van der Waals surface area contributed by atoms with E-state index in [9.17, 15) is 0 Å². The van der Waals surface area contributed by atoms with E-state index >= 15 is 0 Å². The molecule has 0 aromatic heterocycles. The molecule has 0 radical (unpaired) electrons. The highest BCUT2D eigenvalue weighted by Crippen LogP contribution is 2.28. The molecule has 0 bridgehead atoms. The zero-order valence-electron chi connectivity index (χ0n) is 16.1. The van der Waals surface area contributed by atoms with Crippen LogP contribution in [-0.2, 0) is 5.41 Å². The summed E-state index contributed by atoms with van der Waals surface area (Å²) in [6, 6.07) is 8.51. The molecule has 5 heteroatoms. The SMILES string of the molecule is CCCCCCCC1N=C(N)N=C(N)N1c1ccc(C(C)(C)C)cc1. The Hall–Kier alpha value is -2.04. The highest BCUT2D eigenvalue weighted by molar-refractivity contribution is 6.04. The van der Waals surface area contributed by atoms with Gasteiger partial charge in [-0.3, -0.25) is 4.90 Å². The fraction of sp³-hybridized carbons (Fsp3) is 0.600. The highest BCUT2D eigenvalue weighted by Gasteiger charge is 2.26. The van der Waals surface area contributed by atoms with Crippen LogP contribution in [0, 0.1) is 0 Å². The van der Waals surface area contributed by atoms with Crippen LogP contribution < -0.4 is 16.4 Å². The normalized spacial score (nSPS) is 18.1. The van der Waals surface area contributed by atoms with Gasteiger partial charge in [0, 0.05) is 5.69 Å². The Morgan fingerprint density at radius 1 is 1.00 bits per heavy atom. The molecule has 1 aromatic rings. The summed E-state index contributed by atoms with van der Waals surface area (Å²) in [6.45, 7) is 8.86. The van der Waals surface area contributed by atoms with E-state index in [1.807, 2.05) is 4.90 Å². The maximum absolute atomic E-state index is 6.18. The second-order valence-corrected chi connectivity index (χ2v) is 7.81. The van der Waals surface area contributed by atoms with Gasteiger partial charge in [0.25, 0.3) is 0 Å². The number of hydrogen-bond donors (Lipinski definition) is 2. The maximum Gasteiger partial charge on any atom is 0.220 e. The van der Waals surface area contributed by atoms with Gasteiger partial charge in [-0.1, -0.05) is 65.5 Å². The van der Waals surface area contributed by atoms with Crippen molar-refractivity contribution in [2.45, 2.75) is 77.8 Å². The molecule has 1 heterocycles. The van der Waals surface area contributed by atoms with Crippen LogP contribution in [0.3, 0.4) is 0 Å². The average Bonchev–Trinajstić information content (AvgIpc) is 2.53. The molecule has 4 N–H and O–H groups in total. The summed E-state index contributed by atoms with van der Waals surface area (Å²) in [6.07, 6.45) is 7.00. The van der Waals surface area contributed by atoms with Crippen molar-refractivity contribution in [1.29, 1.82) is 0 Å². The Kier molecular flexibility index (Phi) is 6.45. The standard InChI is InChI=1S/C20H33N5/c1-5-6-7-8-9-10-17-23-18(21)24-19(22)25(17)16-13-11-15(12-14-16)20(2,3)4/h11-14,17H,5-10H2,1-4H3,(H4,21,22,23,24). The maximum atomic E-state index is 6.18. The number of hydrogen-bond acceptors (Lipinski definition) is 5. The molecule has 0 aliphatic carbocycles. The summed E-state index contributed by atoms with van der Waals surface area (Å²) in [5, 5.41) is 0.